The van der Waals surface area contributed by atoms with Crippen LogP contribution >= 0.6 is 15.9 Å². The maximum atomic E-state index is 5.87. The molecule has 2 rings (SSSR count). The summed E-state index contributed by atoms with van der Waals surface area (Å²) in [4.78, 5) is 4.22. The molecular weight excluding hydrogens is 328 g/mol. The molecule has 0 aliphatic rings. The predicted octanol–water partition coefficient (Wildman–Crippen LogP) is 3.83. The third kappa shape index (κ3) is 5.86. The summed E-state index contributed by atoms with van der Waals surface area (Å²) in [7, 11) is 0. The number of nitrogens with one attached hydrogen (secondary N) is 1. The highest BCUT2D eigenvalue weighted by Crippen LogP contribution is 2.13. The quantitative estimate of drug-likeness (QED) is 0.786. The number of halogens is 1. The predicted molar refractivity (Wildman–Crippen MR) is 89.7 cm³/mol. The van der Waals surface area contributed by atoms with Crippen LogP contribution in [0.15, 0.2) is 53.3 Å². The minimum absolute atomic E-state index is 0.279. The molecule has 0 radical (unpaired) electrons. The van der Waals surface area contributed by atoms with E-state index < -0.39 is 0 Å². The molecule has 0 saturated carbocycles. The van der Waals surface area contributed by atoms with Crippen LogP contribution in [0, 0.1) is 0 Å². The fraction of sp³-hybridized carbons (Fsp3) is 0.353. The van der Waals surface area contributed by atoms with E-state index in [-0.39, 0.29) is 6.04 Å². The molecule has 4 heteroatoms. The Labute approximate surface area is 134 Å². The van der Waals surface area contributed by atoms with E-state index in [9.17, 15) is 0 Å². The maximum absolute atomic E-state index is 5.87. The summed E-state index contributed by atoms with van der Waals surface area (Å²) < 4.78 is 6.89. The van der Waals surface area contributed by atoms with Gasteiger partial charge in [-0.15, -0.1) is 0 Å². The first-order chi connectivity index (χ1) is 10.3. The molecule has 0 amide bonds. The summed E-state index contributed by atoms with van der Waals surface area (Å²) >= 11 is 3.47. The summed E-state index contributed by atoms with van der Waals surface area (Å²) in [5, 5.41) is 3.54. The zero-order valence-corrected chi connectivity index (χ0v) is 13.8. The number of hydrogen-bond acceptors (Lipinski definition) is 3. The number of pyridine rings is 1. The molecule has 1 heterocycles. The Bertz CT molecular complexity index is 533. The second-order valence-corrected chi connectivity index (χ2v) is 5.91. The fourth-order valence-corrected chi connectivity index (χ4v) is 2.52. The van der Waals surface area contributed by atoms with Gasteiger partial charge >= 0.3 is 0 Å². The highest BCUT2D eigenvalue weighted by atomic mass is 79.9. The van der Waals surface area contributed by atoms with Gasteiger partial charge in [0.25, 0.3) is 0 Å². The van der Waals surface area contributed by atoms with Crippen molar-refractivity contribution in [1.29, 1.82) is 0 Å². The van der Waals surface area contributed by atoms with E-state index in [1.165, 1.54) is 5.56 Å². The highest BCUT2D eigenvalue weighted by molar-refractivity contribution is 9.10. The summed E-state index contributed by atoms with van der Waals surface area (Å²) in [5.41, 5.74) is 1.20. The summed E-state index contributed by atoms with van der Waals surface area (Å²) in [6.07, 6.45) is 5.73. The summed E-state index contributed by atoms with van der Waals surface area (Å²) in [5.74, 6) is 0.910. The lowest BCUT2D eigenvalue weighted by Crippen LogP contribution is -2.37. The van der Waals surface area contributed by atoms with Gasteiger partial charge < -0.3 is 10.1 Å². The average molecular weight is 349 g/mol. The molecule has 2 aromatic rings. The van der Waals surface area contributed by atoms with Crippen LogP contribution in [-0.4, -0.2) is 24.2 Å². The Hall–Kier alpha value is -1.39. The van der Waals surface area contributed by atoms with Crippen LogP contribution in [-0.2, 0) is 6.42 Å². The van der Waals surface area contributed by atoms with Gasteiger partial charge in [0.2, 0.25) is 0 Å². The Kier molecular flexibility index (Phi) is 6.70. The van der Waals surface area contributed by atoms with Gasteiger partial charge in [-0.1, -0.05) is 25.1 Å². The smallest absolute Gasteiger partial charge is 0.119 e. The molecule has 0 spiro atoms. The number of benzene rings is 1. The third-order valence-corrected chi connectivity index (χ3v) is 3.55. The molecule has 0 aliphatic heterocycles. The largest absolute Gasteiger partial charge is 0.492 e. The lowest BCUT2D eigenvalue weighted by Gasteiger charge is -2.19. The molecule has 1 aromatic carbocycles. The molecule has 0 fully saturated rings. The van der Waals surface area contributed by atoms with Crippen LogP contribution in [0.2, 0.25) is 0 Å². The number of ether oxygens (including phenoxy) is 1. The Morgan fingerprint density at radius 3 is 2.76 bits per heavy atom. The van der Waals surface area contributed by atoms with Gasteiger partial charge in [0, 0.05) is 22.9 Å². The molecule has 21 heavy (non-hydrogen) atoms. The van der Waals surface area contributed by atoms with Crippen molar-refractivity contribution in [2.45, 2.75) is 25.8 Å². The van der Waals surface area contributed by atoms with Crippen molar-refractivity contribution in [3.63, 3.8) is 0 Å². The topological polar surface area (TPSA) is 34.1 Å². The van der Waals surface area contributed by atoms with Gasteiger partial charge in [0.15, 0.2) is 0 Å². The number of hydrogen-bond donors (Lipinski definition) is 1. The van der Waals surface area contributed by atoms with Crippen LogP contribution in [0.25, 0.3) is 0 Å². The number of aromatic nitrogens is 1. The van der Waals surface area contributed by atoms with Crippen LogP contribution in [0.4, 0.5) is 0 Å². The van der Waals surface area contributed by atoms with E-state index in [4.69, 9.17) is 4.74 Å². The van der Waals surface area contributed by atoms with Crippen molar-refractivity contribution < 1.29 is 4.74 Å². The molecule has 1 aromatic heterocycles. The fourth-order valence-electron chi connectivity index (χ4n) is 2.10. The van der Waals surface area contributed by atoms with Crippen LogP contribution < -0.4 is 10.1 Å². The Morgan fingerprint density at radius 1 is 1.24 bits per heavy atom. The van der Waals surface area contributed by atoms with E-state index in [1.807, 2.05) is 36.5 Å². The molecule has 112 valence electrons. The van der Waals surface area contributed by atoms with Gasteiger partial charge in [0.05, 0.1) is 0 Å². The van der Waals surface area contributed by atoms with Gasteiger partial charge in [-0.2, -0.15) is 0 Å². The highest BCUT2D eigenvalue weighted by Gasteiger charge is 2.10. The zero-order valence-electron chi connectivity index (χ0n) is 12.3. The van der Waals surface area contributed by atoms with Crippen LogP contribution in [0.5, 0.6) is 5.75 Å². The Morgan fingerprint density at radius 2 is 2.05 bits per heavy atom. The standard InChI is InChI=1S/C17H21BrN2O/c1-2-8-20-16(10-14-9-15(18)12-19-11-14)13-21-17-6-4-3-5-7-17/h3-7,9,11-12,16,20H,2,8,10,13H2,1H3. The summed E-state index contributed by atoms with van der Waals surface area (Å²) in [6.45, 7) is 3.81. The van der Waals surface area contributed by atoms with Gasteiger partial charge in [-0.25, -0.2) is 0 Å². The van der Waals surface area contributed by atoms with Gasteiger partial charge in [-0.3, -0.25) is 4.98 Å². The molecule has 1 atom stereocenters. The van der Waals surface area contributed by atoms with Crippen molar-refractivity contribution in [1.82, 2.24) is 10.3 Å². The van der Waals surface area contributed by atoms with Gasteiger partial charge in [-0.05, 0) is 59.1 Å². The van der Waals surface area contributed by atoms with E-state index >= 15 is 0 Å². The third-order valence-electron chi connectivity index (χ3n) is 3.12. The lowest BCUT2D eigenvalue weighted by molar-refractivity contribution is 0.263. The minimum Gasteiger partial charge on any atom is -0.492 e. The minimum atomic E-state index is 0.279. The van der Waals surface area contributed by atoms with E-state index in [0.29, 0.717) is 6.61 Å². The number of para-hydroxylation sites is 1. The van der Waals surface area contributed by atoms with E-state index in [2.05, 4.69) is 39.2 Å². The number of rotatable bonds is 8. The first-order valence-electron chi connectivity index (χ1n) is 7.28. The lowest BCUT2D eigenvalue weighted by atomic mass is 10.1. The second kappa shape index (κ2) is 8.80. The van der Waals surface area contributed by atoms with Crippen LogP contribution in [0.1, 0.15) is 18.9 Å². The molecule has 1 unspecified atom stereocenters. The second-order valence-electron chi connectivity index (χ2n) is 4.99. The summed E-state index contributed by atoms with van der Waals surface area (Å²) in [6, 6.07) is 12.3. The average Bonchev–Trinajstić information content (AvgIpc) is 2.51. The Balaban J connectivity index is 1.94. The van der Waals surface area contributed by atoms with Crippen LogP contribution in [0.3, 0.4) is 0 Å². The normalized spacial score (nSPS) is 12.1. The van der Waals surface area contributed by atoms with E-state index in [0.717, 1.165) is 29.6 Å². The first kappa shape index (κ1) is 16.0. The molecular formula is C17H21BrN2O. The van der Waals surface area contributed by atoms with Crippen molar-refractivity contribution in [3.8, 4) is 5.75 Å². The zero-order chi connectivity index (χ0) is 14.9. The molecule has 0 saturated heterocycles. The molecule has 0 aliphatic carbocycles. The van der Waals surface area contributed by atoms with Crippen molar-refractivity contribution >= 4 is 15.9 Å². The number of nitrogens with zero attached hydrogens (tertiary/aromatic N) is 1. The molecule has 3 nitrogen and oxygen atoms in total. The SMILES string of the molecule is CCCNC(COc1ccccc1)Cc1cncc(Br)c1. The molecule has 1 N–H and O–H groups in total. The maximum Gasteiger partial charge on any atom is 0.119 e. The monoisotopic (exact) mass is 348 g/mol. The van der Waals surface area contributed by atoms with Gasteiger partial charge in [0.1, 0.15) is 12.4 Å². The van der Waals surface area contributed by atoms with Crippen molar-refractivity contribution in [2.24, 2.45) is 0 Å². The van der Waals surface area contributed by atoms with E-state index in [1.54, 1.807) is 6.20 Å². The first-order valence-corrected chi connectivity index (χ1v) is 8.08. The van der Waals surface area contributed by atoms with Crippen molar-refractivity contribution in [3.05, 3.63) is 58.8 Å². The van der Waals surface area contributed by atoms with Crippen molar-refractivity contribution in [2.75, 3.05) is 13.2 Å². The molecule has 0 bridgehead atoms.